The molecule has 2 aromatic rings. The lowest BCUT2D eigenvalue weighted by atomic mass is 10.1. The standard InChI is InChI=1S/C14H15NO3S/c16-10-1-2-11-12(7-18-14(11)5-10)15-6-13(17)9-3-4-19-8-9/h1-5,8,12-13,15-17H,6-7H2. The molecule has 5 heteroatoms. The second kappa shape index (κ2) is 5.21. The molecule has 0 saturated heterocycles. The third kappa shape index (κ3) is 2.58. The summed E-state index contributed by atoms with van der Waals surface area (Å²) in [5.41, 5.74) is 1.96. The van der Waals surface area contributed by atoms with Gasteiger partial charge >= 0.3 is 0 Å². The summed E-state index contributed by atoms with van der Waals surface area (Å²) in [4.78, 5) is 0. The van der Waals surface area contributed by atoms with Crippen molar-refractivity contribution in [2.75, 3.05) is 13.2 Å². The Morgan fingerprint density at radius 2 is 2.32 bits per heavy atom. The topological polar surface area (TPSA) is 61.7 Å². The van der Waals surface area contributed by atoms with Crippen molar-refractivity contribution in [3.8, 4) is 11.5 Å². The highest BCUT2D eigenvalue weighted by Crippen LogP contribution is 2.35. The number of benzene rings is 1. The first-order valence-corrected chi connectivity index (χ1v) is 7.07. The molecule has 0 bridgehead atoms. The average Bonchev–Trinajstić information content (AvgIpc) is 3.05. The normalized spacial score (nSPS) is 18.9. The van der Waals surface area contributed by atoms with Crippen molar-refractivity contribution in [2.24, 2.45) is 0 Å². The van der Waals surface area contributed by atoms with Gasteiger partial charge in [0.05, 0.1) is 12.1 Å². The highest BCUT2D eigenvalue weighted by Gasteiger charge is 2.24. The molecule has 0 aliphatic carbocycles. The molecule has 0 fully saturated rings. The molecule has 2 heterocycles. The van der Waals surface area contributed by atoms with E-state index in [1.54, 1.807) is 23.5 Å². The van der Waals surface area contributed by atoms with Crippen molar-refractivity contribution >= 4 is 11.3 Å². The van der Waals surface area contributed by atoms with Gasteiger partial charge in [-0.2, -0.15) is 11.3 Å². The quantitative estimate of drug-likeness (QED) is 0.802. The zero-order valence-electron chi connectivity index (χ0n) is 10.2. The van der Waals surface area contributed by atoms with Gasteiger partial charge in [0.25, 0.3) is 0 Å². The first-order chi connectivity index (χ1) is 9.24. The summed E-state index contributed by atoms with van der Waals surface area (Å²) in [7, 11) is 0. The maximum absolute atomic E-state index is 10.0. The van der Waals surface area contributed by atoms with E-state index in [0.29, 0.717) is 18.9 Å². The van der Waals surface area contributed by atoms with Gasteiger partial charge in [0.1, 0.15) is 18.1 Å². The lowest BCUT2D eigenvalue weighted by Gasteiger charge is -2.15. The van der Waals surface area contributed by atoms with E-state index in [0.717, 1.165) is 11.1 Å². The fraction of sp³-hybridized carbons (Fsp3) is 0.286. The van der Waals surface area contributed by atoms with Crippen molar-refractivity contribution in [3.05, 3.63) is 46.2 Å². The van der Waals surface area contributed by atoms with Crippen molar-refractivity contribution < 1.29 is 14.9 Å². The van der Waals surface area contributed by atoms with Crippen molar-refractivity contribution in [1.82, 2.24) is 5.32 Å². The van der Waals surface area contributed by atoms with Crippen LogP contribution in [0.4, 0.5) is 0 Å². The van der Waals surface area contributed by atoms with Crippen LogP contribution in [0.5, 0.6) is 11.5 Å². The van der Waals surface area contributed by atoms with Crippen molar-refractivity contribution in [1.29, 1.82) is 0 Å². The molecule has 19 heavy (non-hydrogen) atoms. The van der Waals surface area contributed by atoms with Gasteiger partial charge in [-0.25, -0.2) is 0 Å². The SMILES string of the molecule is Oc1ccc2c(c1)OCC2NCC(O)c1ccsc1. The zero-order chi connectivity index (χ0) is 13.2. The number of fused-ring (bicyclic) bond motifs is 1. The van der Waals surface area contributed by atoms with Gasteiger partial charge in [-0.1, -0.05) is 0 Å². The molecule has 100 valence electrons. The molecule has 2 unspecified atom stereocenters. The Balaban J connectivity index is 1.64. The molecule has 4 nitrogen and oxygen atoms in total. The first kappa shape index (κ1) is 12.5. The molecule has 1 aliphatic rings. The van der Waals surface area contributed by atoms with Gasteiger partial charge in [-0.05, 0) is 34.5 Å². The first-order valence-electron chi connectivity index (χ1n) is 6.13. The highest BCUT2D eigenvalue weighted by atomic mass is 32.1. The highest BCUT2D eigenvalue weighted by molar-refractivity contribution is 7.07. The predicted molar refractivity (Wildman–Crippen MR) is 73.6 cm³/mol. The third-order valence-corrected chi connectivity index (χ3v) is 3.97. The summed E-state index contributed by atoms with van der Waals surface area (Å²) < 4.78 is 5.51. The van der Waals surface area contributed by atoms with Crippen molar-refractivity contribution in [3.63, 3.8) is 0 Å². The van der Waals surface area contributed by atoms with Gasteiger partial charge in [0.15, 0.2) is 0 Å². The Kier molecular flexibility index (Phi) is 3.42. The Hall–Kier alpha value is -1.56. The molecule has 0 saturated carbocycles. The maximum atomic E-state index is 10.0. The summed E-state index contributed by atoms with van der Waals surface area (Å²) in [6.07, 6.45) is -0.507. The summed E-state index contributed by atoms with van der Waals surface area (Å²) in [6.45, 7) is 1.00. The number of thiophene rings is 1. The van der Waals surface area contributed by atoms with Gasteiger partial charge in [0, 0.05) is 18.2 Å². The lowest BCUT2D eigenvalue weighted by molar-refractivity contribution is 0.167. The summed E-state index contributed by atoms with van der Waals surface area (Å²) >= 11 is 1.58. The molecular formula is C14H15NO3S. The van der Waals surface area contributed by atoms with Gasteiger partial charge in [-0.15, -0.1) is 0 Å². The van der Waals surface area contributed by atoms with E-state index in [4.69, 9.17) is 4.74 Å². The summed E-state index contributed by atoms with van der Waals surface area (Å²) in [5, 5.41) is 26.6. The molecule has 2 atom stereocenters. The molecule has 0 spiro atoms. The van der Waals surface area contributed by atoms with Crippen LogP contribution in [-0.4, -0.2) is 23.4 Å². The average molecular weight is 277 g/mol. The van der Waals surface area contributed by atoms with Crippen molar-refractivity contribution in [2.45, 2.75) is 12.1 Å². The molecule has 0 radical (unpaired) electrons. The summed E-state index contributed by atoms with van der Waals surface area (Å²) in [6, 6.07) is 7.11. The molecule has 1 aromatic heterocycles. The zero-order valence-corrected chi connectivity index (χ0v) is 11.1. The van der Waals surface area contributed by atoms with Crippen LogP contribution in [0.3, 0.4) is 0 Å². The second-order valence-electron chi connectivity index (χ2n) is 4.57. The second-order valence-corrected chi connectivity index (χ2v) is 5.35. The minimum Gasteiger partial charge on any atom is -0.508 e. The van der Waals surface area contributed by atoms with Crippen LogP contribution in [0, 0.1) is 0 Å². The molecule has 1 aromatic carbocycles. The van der Waals surface area contributed by atoms with Crippen LogP contribution >= 0.6 is 11.3 Å². The molecule has 3 N–H and O–H groups in total. The fourth-order valence-corrected chi connectivity index (χ4v) is 2.91. The van der Waals surface area contributed by atoms with Crippen LogP contribution in [0.25, 0.3) is 0 Å². The van der Waals surface area contributed by atoms with Crippen LogP contribution in [0.15, 0.2) is 35.0 Å². The van der Waals surface area contributed by atoms with E-state index in [-0.39, 0.29) is 11.8 Å². The van der Waals surface area contributed by atoms with Gasteiger partial charge < -0.3 is 20.3 Å². The lowest BCUT2D eigenvalue weighted by Crippen LogP contribution is -2.27. The Morgan fingerprint density at radius 3 is 3.11 bits per heavy atom. The Morgan fingerprint density at radius 1 is 1.42 bits per heavy atom. The molecule has 0 amide bonds. The fourth-order valence-electron chi connectivity index (χ4n) is 2.20. The van der Waals surface area contributed by atoms with E-state index in [9.17, 15) is 10.2 Å². The molecular weight excluding hydrogens is 262 g/mol. The van der Waals surface area contributed by atoms with Crippen LogP contribution in [-0.2, 0) is 0 Å². The Bertz CT molecular complexity index is 556. The van der Waals surface area contributed by atoms with E-state index >= 15 is 0 Å². The van der Waals surface area contributed by atoms with E-state index in [1.807, 2.05) is 22.9 Å². The molecule has 1 aliphatic heterocycles. The minimum atomic E-state index is -0.507. The molecule has 3 rings (SSSR count). The van der Waals surface area contributed by atoms with E-state index < -0.39 is 6.10 Å². The smallest absolute Gasteiger partial charge is 0.127 e. The van der Waals surface area contributed by atoms with Crippen LogP contribution in [0.1, 0.15) is 23.3 Å². The minimum absolute atomic E-state index is 0.0592. The van der Waals surface area contributed by atoms with E-state index in [1.165, 1.54) is 0 Å². The van der Waals surface area contributed by atoms with Gasteiger partial charge in [0.2, 0.25) is 0 Å². The number of ether oxygens (including phenoxy) is 1. The number of nitrogens with one attached hydrogen (secondary N) is 1. The number of phenolic OH excluding ortho intramolecular Hbond substituents is 1. The number of aliphatic hydroxyl groups excluding tert-OH is 1. The van der Waals surface area contributed by atoms with Crippen LogP contribution in [0.2, 0.25) is 0 Å². The number of aromatic hydroxyl groups is 1. The summed E-state index contributed by atoms with van der Waals surface area (Å²) in [5.74, 6) is 0.917. The number of rotatable bonds is 4. The monoisotopic (exact) mass is 277 g/mol. The number of phenols is 1. The predicted octanol–water partition coefficient (Wildman–Crippen LogP) is 2.21. The number of hydrogen-bond acceptors (Lipinski definition) is 5. The maximum Gasteiger partial charge on any atom is 0.127 e. The largest absolute Gasteiger partial charge is 0.508 e. The Labute approximate surface area is 115 Å². The van der Waals surface area contributed by atoms with Crippen LogP contribution < -0.4 is 10.1 Å². The van der Waals surface area contributed by atoms with Gasteiger partial charge in [-0.3, -0.25) is 0 Å². The third-order valence-electron chi connectivity index (χ3n) is 3.26. The number of hydrogen-bond donors (Lipinski definition) is 3. The number of aliphatic hydroxyl groups is 1. The van der Waals surface area contributed by atoms with E-state index in [2.05, 4.69) is 5.32 Å².